The third-order valence-corrected chi connectivity index (χ3v) is 5.66. The highest BCUT2D eigenvalue weighted by Gasteiger charge is 2.33. The number of rotatable bonds is 9. The molecule has 0 aromatic heterocycles. The van der Waals surface area contributed by atoms with E-state index in [9.17, 15) is 19.6 Å². The van der Waals surface area contributed by atoms with Crippen molar-refractivity contribution in [2.24, 2.45) is 0 Å². The lowest BCUT2D eigenvalue weighted by Crippen LogP contribution is -2.48. The molecule has 1 heterocycles. The van der Waals surface area contributed by atoms with Gasteiger partial charge in [-0.3, -0.25) is 9.59 Å². The zero-order chi connectivity index (χ0) is 22.4. The predicted molar refractivity (Wildman–Crippen MR) is 119 cm³/mol. The van der Waals surface area contributed by atoms with Gasteiger partial charge in [0.2, 0.25) is 5.91 Å². The molecule has 164 valence electrons. The molecule has 1 aliphatic rings. The number of ether oxygens (including phenoxy) is 1. The summed E-state index contributed by atoms with van der Waals surface area (Å²) in [5.74, 6) is -0.640. The van der Waals surface area contributed by atoms with Crippen molar-refractivity contribution in [2.45, 2.75) is 31.6 Å². The Morgan fingerprint density at radius 3 is 2.61 bits per heavy atom. The molecule has 1 aliphatic heterocycles. The van der Waals surface area contributed by atoms with E-state index >= 15 is 0 Å². The lowest BCUT2D eigenvalue weighted by Gasteiger charge is -2.23. The van der Waals surface area contributed by atoms with Crippen LogP contribution in [0.15, 0.2) is 48.5 Å². The van der Waals surface area contributed by atoms with Crippen LogP contribution in [0.25, 0.3) is 0 Å². The average molecular weight is 445 g/mol. The summed E-state index contributed by atoms with van der Waals surface area (Å²) in [5.41, 5.74) is 1.49. The van der Waals surface area contributed by atoms with E-state index in [4.69, 9.17) is 16.3 Å². The Morgan fingerprint density at radius 2 is 1.94 bits per heavy atom. The number of nitrogens with one attached hydrogen (secondary N) is 1. The molecule has 0 saturated carbocycles. The molecule has 0 fully saturated rings. The van der Waals surface area contributed by atoms with Crippen LogP contribution < -0.4 is 10.1 Å². The van der Waals surface area contributed by atoms with Gasteiger partial charge in [-0.1, -0.05) is 29.8 Å². The summed E-state index contributed by atoms with van der Waals surface area (Å²) in [6, 6.07) is 14.2. The minimum absolute atomic E-state index is 0.0399. The molecule has 0 spiro atoms. The number of carbonyl (C=O) groups excluding carboxylic acids is 2. The number of halogens is 1. The number of hydrogen-bond donors (Lipinski definition) is 3. The van der Waals surface area contributed by atoms with Crippen LogP contribution in [0.5, 0.6) is 5.75 Å². The standard InChI is InChI=1S/C22H26BClN2O5/c1-2-26(22(28)15-7-9-17(24)10-8-15)12-11-21(27)25-20(23(29)30)13-16-14-31-19-6-4-3-5-18(16)19/h3-10,16,20,29-30H,2,11-14H2,1H3,(H,25,27)/t16-,20+/m1/s1. The lowest BCUT2D eigenvalue weighted by molar-refractivity contribution is -0.121. The summed E-state index contributed by atoms with van der Waals surface area (Å²) in [4.78, 5) is 26.7. The zero-order valence-corrected chi connectivity index (χ0v) is 18.1. The monoisotopic (exact) mass is 444 g/mol. The molecule has 0 aliphatic carbocycles. The number of benzene rings is 2. The molecule has 0 bridgehead atoms. The van der Waals surface area contributed by atoms with Gasteiger partial charge in [-0.15, -0.1) is 0 Å². The van der Waals surface area contributed by atoms with E-state index in [1.54, 1.807) is 29.2 Å². The van der Waals surface area contributed by atoms with E-state index < -0.39 is 13.1 Å². The Bertz CT molecular complexity index is 909. The summed E-state index contributed by atoms with van der Waals surface area (Å²) >= 11 is 5.87. The van der Waals surface area contributed by atoms with Gasteiger partial charge in [0.15, 0.2) is 0 Å². The van der Waals surface area contributed by atoms with Gasteiger partial charge < -0.3 is 25.0 Å². The van der Waals surface area contributed by atoms with Crippen molar-refractivity contribution in [2.75, 3.05) is 19.7 Å². The van der Waals surface area contributed by atoms with Crippen LogP contribution in [0.3, 0.4) is 0 Å². The quantitative estimate of drug-likeness (QED) is 0.515. The molecule has 2 aromatic rings. The van der Waals surface area contributed by atoms with Crippen LogP contribution in [-0.2, 0) is 4.79 Å². The van der Waals surface area contributed by atoms with E-state index in [1.807, 2.05) is 31.2 Å². The molecular weight excluding hydrogens is 419 g/mol. The second-order valence-electron chi connectivity index (χ2n) is 7.51. The minimum Gasteiger partial charge on any atom is -0.493 e. The summed E-state index contributed by atoms with van der Waals surface area (Å²) in [6.07, 6.45) is 0.385. The summed E-state index contributed by atoms with van der Waals surface area (Å²) in [5, 5.41) is 22.8. The van der Waals surface area contributed by atoms with Crippen molar-refractivity contribution in [3.8, 4) is 5.75 Å². The summed E-state index contributed by atoms with van der Waals surface area (Å²) in [6.45, 7) is 2.92. The van der Waals surface area contributed by atoms with Gasteiger partial charge in [-0.25, -0.2) is 0 Å². The van der Waals surface area contributed by atoms with Crippen molar-refractivity contribution >= 4 is 30.5 Å². The maximum atomic E-state index is 12.6. The number of nitrogens with zero attached hydrogens (tertiary/aromatic N) is 1. The number of amides is 2. The maximum absolute atomic E-state index is 12.6. The highest BCUT2D eigenvalue weighted by molar-refractivity contribution is 6.43. The zero-order valence-electron chi connectivity index (χ0n) is 17.3. The molecular formula is C22H26BClN2O5. The van der Waals surface area contributed by atoms with E-state index in [-0.39, 0.29) is 30.7 Å². The normalized spacial score (nSPS) is 15.5. The molecule has 0 unspecified atom stereocenters. The summed E-state index contributed by atoms with van der Waals surface area (Å²) in [7, 11) is -1.70. The van der Waals surface area contributed by atoms with Gasteiger partial charge in [-0.05, 0) is 43.7 Å². The van der Waals surface area contributed by atoms with E-state index in [0.29, 0.717) is 30.2 Å². The van der Waals surface area contributed by atoms with Crippen molar-refractivity contribution in [1.82, 2.24) is 10.2 Å². The Balaban J connectivity index is 1.55. The maximum Gasteiger partial charge on any atom is 0.475 e. The van der Waals surface area contributed by atoms with Crippen molar-refractivity contribution < 1.29 is 24.4 Å². The Hall–Kier alpha value is -2.55. The number of hydrogen-bond acceptors (Lipinski definition) is 5. The van der Waals surface area contributed by atoms with Crippen LogP contribution in [0, 0.1) is 0 Å². The fourth-order valence-corrected chi connectivity index (χ4v) is 3.81. The van der Waals surface area contributed by atoms with E-state index in [2.05, 4.69) is 5.32 Å². The van der Waals surface area contributed by atoms with Crippen LogP contribution in [-0.4, -0.2) is 59.5 Å². The Morgan fingerprint density at radius 1 is 1.23 bits per heavy atom. The topological polar surface area (TPSA) is 99.1 Å². The lowest BCUT2D eigenvalue weighted by atomic mass is 9.73. The molecule has 2 amide bonds. The van der Waals surface area contributed by atoms with Crippen LogP contribution >= 0.6 is 11.6 Å². The smallest absolute Gasteiger partial charge is 0.475 e. The van der Waals surface area contributed by atoms with E-state index in [0.717, 1.165) is 11.3 Å². The molecule has 2 atom stereocenters. The molecule has 31 heavy (non-hydrogen) atoms. The second-order valence-corrected chi connectivity index (χ2v) is 7.95. The van der Waals surface area contributed by atoms with E-state index in [1.165, 1.54) is 0 Å². The van der Waals surface area contributed by atoms with Gasteiger partial charge >= 0.3 is 7.12 Å². The molecule has 3 N–H and O–H groups in total. The first kappa shape index (κ1) is 23.1. The Kier molecular flexibility index (Phi) is 7.95. The van der Waals surface area contributed by atoms with Gasteiger partial charge in [0, 0.05) is 41.6 Å². The third kappa shape index (κ3) is 6.00. The number of carbonyl (C=O) groups is 2. The first-order chi connectivity index (χ1) is 14.9. The Labute approximate surface area is 187 Å². The minimum atomic E-state index is -1.70. The van der Waals surface area contributed by atoms with Gasteiger partial charge in [-0.2, -0.15) is 0 Å². The third-order valence-electron chi connectivity index (χ3n) is 5.41. The SMILES string of the molecule is CCN(CCC(=O)N[C@@H](C[C@@H]1COc2ccccc21)B(O)O)C(=O)c1ccc(Cl)cc1. The van der Waals surface area contributed by atoms with Crippen molar-refractivity contribution in [3.63, 3.8) is 0 Å². The predicted octanol–water partition coefficient (Wildman–Crippen LogP) is 2.26. The molecule has 0 saturated heterocycles. The van der Waals surface area contributed by atoms with Crippen LogP contribution in [0.4, 0.5) is 0 Å². The first-order valence-corrected chi connectivity index (χ1v) is 10.7. The molecule has 3 rings (SSSR count). The van der Waals surface area contributed by atoms with Crippen molar-refractivity contribution in [1.29, 1.82) is 0 Å². The van der Waals surface area contributed by atoms with Crippen LogP contribution in [0.1, 0.15) is 41.6 Å². The molecule has 9 heteroatoms. The largest absolute Gasteiger partial charge is 0.493 e. The average Bonchev–Trinajstić information content (AvgIpc) is 3.17. The van der Waals surface area contributed by atoms with Gasteiger partial charge in [0.25, 0.3) is 5.91 Å². The fraction of sp³-hybridized carbons (Fsp3) is 0.364. The number of para-hydroxylation sites is 1. The highest BCUT2D eigenvalue weighted by atomic mass is 35.5. The van der Waals surface area contributed by atoms with Gasteiger partial charge in [0.1, 0.15) is 5.75 Å². The second kappa shape index (κ2) is 10.7. The van der Waals surface area contributed by atoms with Gasteiger partial charge in [0.05, 0.1) is 12.5 Å². The van der Waals surface area contributed by atoms with Crippen LogP contribution in [0.2, 0.25) is 5.02 Å². The molecule has 7 nitrogen and oxygen atoms in total. The summed E-state index contributed by atoms with van der Waals surface area (Å²) < 4.78 is 5.64. The fourth-order valence-electron chi connectivity index (χ4n) is 3.68. The first-order valence-electron chi connectivity index (χ1n) is 10.3. The highest BCUT2D eigenvalue weighted by Crippen LogP contribution is 2.36. The van der Waals surface area contributed by atoms with Crippen molar-refractivity contribution in [3.05, 3.63) is 64.7 Å². The molecule has 0 radical (unpaired) electrons. The number of fused-ring (bicyclic) bond motifs is 1. The molecule has 2 aromatic carbocycles.